The van der Waals surface area contributed by atoms with Gasteiger partial charge in [0.05, 0.1) is 6.54 Å². The Morgan fingerprint density at radius 1 is 1.38 bits per heavy atom. The first-order valence-electron chi connectivity index (χ1n) is 7.93. The van der Waals surface area contributed by atoms with Crippen molar-refractivity contribution in [3.63, 3.8) is 0 Å². The molecule has 2 heterocycles. The number of thiazole rings is 1. The van der Waals surface area contributed by atoms with E-state index in [1.54, 1.807) is 11.3 Å². The first-order chi connectivity index (χ1) is 10.3. The molecule has 3 rings (SSSR count). The third-order valence-electron chi connectivity index (χ3n) is 4.49. The largest absolute Gasteiger partial charge is 0.315 e. The molecular weight excluding hydrogens is 285 g/mol. The van der Waals surface area contributed by atoms with Gasteiger partial charge in [-0.25, -0.2) is 9.37 Å². The van der Waals surface area contributed by atoms with Gasteiger partial charge >= 0.3 is 0 Å². The van der Waals surface area contributed by atoms with Crippen LogP contribution < -0.4 is 5.32 Å². The number of hydrogen-bond acceptors (Lipinski definition) is 4. The summed E-state index contributed by atoms with van der Waals surface area (Å²) in [7, 11) is 0. The Morgan fingerprint density at radius 3 is 3.10 bits per heavy atom. The van der Waals surface area contributed by atoms with E-state index in [4.69, 9.17) is 0 Å². The lowest BCUT2D eigenvalue weighted by molar-refractivity contribution is 0.227. The van der Waals surface area contributed by atoms with Crippen molar-refractivity contribution in [1.29, 1.82) is 0 Å². The van der Waals surface area contributed by atoms with E-state index < -0.39 is 6.17 Å². The van der Waals surface area contributed by atoms with Gasteiger partial charge in [-0.1, -0.05) is 12.2 Å². The van der Waals surface area contributed by atoms with Crippen LogP contribution in [0.3, 0.4) is 0 Å². The van der Waals surface area contributed by atoms with Crippen molar-refractivity contribution in [3.8, 4) is 0 Å². The third-order valence-corrected chi connectivity index (χ3v) is 5.25. The molecule has 0 radical (unpaired) electrons. The number of aromatic nitrogens is 1. The van der Waals surface area contributed by atoms with E-state index in [1.807, 2.05) is 11.6 Å². The van der Waals surface area contributed by atoms with Crippen molar-refractivity contribution < 1.29 is 4.39 Å². The lowest BCUT2D eigenvalue weighted by Crippen LogP contribution is -2.39. The first-order valence-corrected chi connectivity index (χ1v) is 8.81. The smallest absolute Gasteiger partial charge is 0.114 e. The van der Waals surface area contributed by atoms with E-state index >= 15 is 0 Å². The minimum atomic E-state index is -0.686. The van der Waals surface area contributed by atoms with E-state index in [0.717, 1.165) is 30.6 Å². The Labute approximate surface area is 130 Å². The Hall–Kier alpha value is -0.780. The van der Waals surface area contributed by atoms with Gasteiger partial charge < -0.3 is 5.32 Å². The number of alkyl halides is 1. The molecule has 21 heavy (non-hydrogen) atoms. The zero-order valence-corrected chi connectivity index (χ0v) is 13.2. The highest BCUT2D eigenvalue weighted by molar-refractivity contribution is 7.09. The number of hydrogen-bond donors (Lipinski definition) is 1. The Balaban J connectivity index is 1.45. The number of rotatable bonds is 6. The molecule has 3 nitrogen and oxygen atoms in total. The molecule has 0 bridgehead atoms. The molecule has 0 spiro atoms. The lowest BCUT2D eigenvalue weighted by Gasteiger charge is -2.25. The topological polar surface area (TPSA) is 28.2 Å². The number of halogens is 1. The Kier molecular flexibility index (Phi) is 5.38. The summed E-state index contributed by atoms with van der Waals surface area (Å²) in [4.78, 5) is 6.57. The molecule has 1 fully saturated rings. The Morgan fingerprint density at radius 2 is 2.33 bits per heavy atom. The average molecular weight is 309 g/mol. The lowest BCUT2D eigenvalue weighted by atomic mass is 9.94. The van der Waals surface area contributed by atoms with Gasteiger partial charge in [0, 0.05) is 30.7 Å². The molecule has 5 heteroatoms. The normalized spacial score (nSPS) is 30.0. The second kappa shape index (κ2) is 7.47. The molecule has 1 aliphatic carbocycles. The van der Waals surface area contributed by atoms with Crippen LogP contribution in [0.4, 0.5) is 4.39 Å². The van der Waals surface area contributed by atoms with Crippen LogP contribution >= 0.6 is 11.3 Å². The molecule has 1 aromatic heterocycles. The van der Waals surface area contributed by atoms with Gasteiger partial charge in [-0.2, -0.15) is 0 Å². The highest BCUT2D eigenvalue weighted by Gasteiger charge is 2.32. The summed E-state index contributed by atoms with van der Waals surface area (Å²) in [6.45, 7) is 3.30. The zero-order chi connectivity index (χ0) is 14.5. The van der Waals surface area contributed by atoms with Crippen LogP contribution in [0.2, 0.25) is 0 Å². The molecule has 1 aliphatic heterocycles. The number of likely N-dealkylation sites (tertiary alicyclic amines) is 1. The van der Waals surface area contributed by atoms with Gasteiger partial charge in [0.1, 0.15) is 11.2 Å². The van der Waals surface area contributed by atoms with Crippen LogP contribution in [0.1, 0.15) is 30.7 Å². The van der Waals surface area contributed by atoms with Crippen molar-refractivity contribution in [2.24, 2.45) is 5.92 Å². The van der Waals surface area contributed by atoms with Crippen molar-refractivity contribution in [3.05, 3.63) is 28.7 Å². The summed E-state index contributed by atoms with van der Waals surface area (Å²) in [5.41, 5.74) is 0. The SMILES string of the molecule is F[C@H]1C[C@@H](CNCC2CC=CCC2)N(Cc2nccs2)C1. The van der Waals surface area contributed by atoms with Crippen LogP contribution in [0.15, 0.2) is 23.7 Å². The van der Waals surface area contributed by atoms with Crippen LogP contribution in [-0.2, 0) is 6.54 Å². The highest BCUT2D eigenvalue weighted by atomic mass is 32.1. The fraction of sp³-hybridized carbons (Fsp3) is 0.688. The van der Waals surface area contributed by atoms with Gasteiger partial charge in [0.15, 0.2) is 0 Å². The monoisotopic (exact) mass is 309 g/mol. The molecule has 0 saturated carbocycles. The third kappa shape index (κ3) is 4.34. The first kappa shape index (κ1) is 15.1. The standard InChI is InChI=1S/C16H24FN3S/c17-14-8-15(10-18-9-13-4-2-1-3-5-13)20(11-14)12-16-19-6-7-21-16/h1-2,6-7,13-15,18H,3-5,8-12H2/t13?,14-,15-/m0/s1. The highest BCUT2D eigenvalue weighted by Crippen LogP contribution is 2.23. The molecule has 116 valence electrons. The van der Waals surface area contributed by atoms with Gasteiger partial charge in [-0.15, -0.1) is 11.3 Å². The van der Waals surface area contributed by atoms with Crippen molar-refractivity contribution in [2.45, 2.75) is 44.4 Å². The summed E-state index contributed by atoms with van der Waals surface area (Å²) >= 11 is 1.66. The maximum absolute atomic E-state index is 13.7. The number of nitrogens with one attached hydrogen (secondary N) is 1. The van der Waals surface area contributed by atoms with Crippen LogP contribution in [0.25, 0.3) is 0 Å². The quantitative estimate of drug-likeness (QED) is 0.819. The minimum Gasteiger partial charge on any atom is -0.315 e. The Bertz CT molecular complexity index is 448. The fourth-order valence-electron chi connectivity index (χ4n) is 3.33. The van der Waals surface area contributed by atoms with Crippen molar-refractivity contribution in [2.75, 3.05) is 19.6 Å². The van der Waals surface area contributed by atoms with Crippen LogP contribution in [-0.4, -0.2) is 41.7 Å². The summed E-state index contributed by atoms with van der Waals surface area (Å²) < 4.78 is 13.7. The minimum absolute atomic E-state index is 0.308. The molecule has 1 unspecified atom stereocenters. The van der Waals surface area contributed by atoms with Crippen LogP contribution in [0.5, 0.6) is 0 Å². The summed E-state index contributed by atoms with van der Waals surface area (Å²) in [5.74, 6) is 0.755. The van der Waals surface area contributed by atoms with Gasteiger partial charge in [-0.3, -0.25) is 4.90 Å². The van der Waals surface area contributed by atoms with Gasteiger partial charge in [0.2, 0.25) is 0 Å². The fourth-order valence-corrected chi connectivity index (χ4v) is 3.97. The molecule has 1 N–H and O–H groups in total. The van der Waals surface area contributed by atoms with Crippen molar-refractivity contribution >= 4 is 11.3 Å². The number of nitrogens with zero attached hydrogens (tertiary/aromatic N) is 2. The molecular formula is C16H24FN3S. The van der Waals surface area contributed by atoms with E-state index in [9.17, 15) is 4.39 Å². The van der Waals surface area contributed by atoms with E-state index in [-0.39, 0.29) is 0 Å². The molecule has 2 aliphatic rings. The molecule has 1 saturated heterocycles. The summed E-state index contributed by atoms with van der Waals surface area (Å²) in [6, 6.07) is 0.308. The molecule has 3 atom stereocenters. The molecule has 0 amide bonds. The van der Waals surface area contributed by atoms with Gasteiger partial charge in [0.25, 0.3) is 0 Å². The summed E-state index contributed by atoms with van der Waals surface area (Å²) in [5, 5.41) is 6.65. The predicted octanol–water partition coefficient (Wildman–Crippen LogP) is 3.00. The maximum Gasteiger partial charge on any atom is 0.114 e. The van der Waals surface area contributed by atoms with E-state index in [2.05, 4.69) is 27.4 Å². The maximum atomic E-state index is 13.7. The van der Waals surface area contributed by atoms with E-state index in [1.165, 1.54) is 19.3 Å². The number of allylic oxidation sites excluding steroid dienone is 2. The van der Waals surface area contributed by atoms with Crippen LogP contribution in [0, 0.1) is 5.92 Å². The molecule has 1 aromatic rings. The molecule has 0 aromatic carbocycles. The predicted molar refractivity (Wildman–Crippen MR) is 85.2 cm³/mol. The van der Waals surface area contributed by atoms with Crippen molar-refractivity contribution in [1.82, 2.24) is 15.2 Å². The van der Waals surface area contributed by atoms with E-state index in [0.29, 0.717) is 19.0 Å². The van der Waals surface area contributed by atoms with Gasteiger partial charge in [-0.05, 0) is 38.1 Å². The summed E-state index contributed by atoms with van der Waals surface area (Å²) in [6.07, 6.45) is 10.0. The second-order valence-electron chi connectivity index (χ2n) is 6.15. The second-order valence-corrected chi connectivity index (χ2v) is 7.13. The average Bonchev–Trinajstić information content (AvgIpc) is 3.11. The zero-order valence-electron chi connectivity index (χ0n) is 12.4.